The van der Waals surface area contributed by atoms with Crippen molar-refractivity contribution in [1.82, 2.24) is 4.90 Å². The number of rotatable bonds is 3. The molecule has 1 saturated heterocycles. The first-order valence-corrected chi connectivity index (χ1v) is 10.6. The third-order valence-electron chi connectivity index (χ3n) is 4.99. The van der Waals surface area contributed by atoms with Gasteiger partial charge >= 0.3 is 0 Å². The second-order valence-corrected chi connectivity index (χ2v) is 8.44. The lowest BCUT2D eigenvalue weighted by Crippen LogP contribution is -2.47. The van der Waals surface area contributed by atoms with Gasteiger partial charge in [-0.1, -0.05) is 52.0 Å². The first kappa shape index (κ1) is 18.9. The minimum Gasteiger partial charge on any atom is -0.495 e. The predicted molar refractivity (Wildman–Crippen MR) is 114 cm³/mol. The van der Waals surface area contributed by atoms with Gasteiger partial charge in [0.25, 0.3) is 0 Å². The Labute approximate surface area is 176 Å². The number of benzene rings is 2. The summed E-state index contributed by atoms with van der Waals surface area (Å²) in [6.45, 7) is 0.416. The number of carbonyl (C=O) groups excluding carboxylic acids is 1. The van der Waals surface area contributed by atoms with Gasteiger partial charge in [0.1, 0.15) is 5.75 Å². The molecule has 7 heteroatoms. The van der Waals surface area contributed by atoms with Crippen LogP contribution in [0.15, 0.2) is 63.6 Å². The summed E-state index contributed by atoms with van der Waals surface area (Å²) in [5, 5.41) is 10.6. The Morgan fingerprint density at radius 3 is 2.68 bits per heavy atom. The van der Waals surface area contributed by atoms with Gasteiger partial charge in [0.2, 0.25) is 5.91 Å². The summed E-state index contributed by atoms with van der Waals surface area (Å²) in [4.78, 5) is 16.8. The van der Waals surface area contributed by atoms with Crippen molar-refractivity contribution in [3.63, 3.8) is 0 Å². The van der Waals surface area contributed by atoms with E-state index in [1.54, 1.807) is 12.0 Å². The molecule has 2 aliphatic rings. The fraction of sp³-hybridized carbons (Fsp3) is 0.238. The summed E-state index contributed by atoms with van der Waals surface area (Å²) >= 11 is 4.97. The van der Waals surface area contributed by atoms with E-state index in [9.17, 15) is 10.1 Å². The molecule has 0 radical (unpaired) electrons. The number of allylic oxidation sites excluding steroid dienone is 1. The van der Waals surface area contributed by atoms with Crippen LogP contribution < -0.4 is 9.64 Å². The van der Waals surface area contributed by atoms with Crippen LogP contribution in [-0.2, 0) is 4.79 Å². The van der Waals surface area contributed by atoms with E-state index in [1.165, 1.54) is 11.8 Å². The van der Waals surface area contributed by atoms with Crippen LogP contribution in [0.1, 0.15) is 17.9 Å². The molecule has 142 valence electrons. The number of nitrogens with zero attached hydrogens (tertiary/aromatic N) is 3. The van der Waals surface area contributed by atoms with Gasteiger partial charge in [0.15, 0.2) is 0 Å². The van der Waals surface area contributed by atoms with E-state index in [-0.39, 0.29) is 11.8 Å². The molecule has 0 bridgehead atoms. The number of fused-ring (bicyclic) bond motifs is 1. The number of carbonyl (C=O) groups is 1. The lowest BCUT2D eigenvalue weighted by atomic mass is 9.86. The van der Waals surface area contributed by atoms with Crippen LogP contribution in [0.3, 0.4) is 0 Å². The first-order valence-electron chi connectivity index (χ1n) is 8.83. The average molecular weight is 456 g/mol. The number of thioether (sulfide) groups is 1. The number of nitriles is 1. The van der Waals surface area contributed by atoms with E-state index >= 15 is 0 Å². The van der Waals surface area contributed by atoms with Crippen LogP contribution in [-0.4, -0.2) is 30.5 Å². The highest BCUT2D eigenvalue weighted by Gasteiger charge is 2.38. The number of methoxy groups -OCH3 is 1. The summed E-state index contributed by atoms with van der Waals surface area (Å²) in [6.07, 6.45) is 0.300. The number of para-hydroxylation sites is 2. The second kappa shape index (κ2) is 7.90. The smallest absolute Gasteiger partial charge is 0.229 e. The van der Waals surface area contributed by atoms with Crippen molar-refractivity contribution in [2.24, 2.45) is 0 Å². The van der Waals surface area contributed by atoms with Crippen LogP contribution in [0.2, 0.25) is 0 Å². The molecular formula is C21H18BrN3O2S. The maximum atomic E-state index is 13.0. The molecule has 1 amide bonds. The van der Waals surface area contributed by atoms with E-state index in [4.69, 9.17) is 4.74 Å². The number of halogens is 1. The largest absolute Gasteiger partial charge is 0.495 e. The van der Waals surface area contributed by atoms with Gasteiger partial charge in [0.05, 0.1) is 42.0 Å². The van der Waals surface area contributed by atoms with E-state index in [1.807, 2.05) is 48.5 Å². The Hall–Kier alpha value is -2.43. The fourth-order valence-electron chi connectivity index (χ4n) is 3.59. The lowest BCUT2D eigenvalue weighted by Gasteiger charge is -2.42. The molecule has 2 aliphatic heterocycles. The normalized spacial score (nSPS) is 19.3. The lowest BCUT2D eigenvalue weighted by molar-refractivity contribution is -0.129. The summed E-state index contributed by atoms with van der Waals surface area (Å²) < 4.78 is 6.44. The highest BCUT2D eigenvalue weighted by molar-refractivity contribution is 9.10. The van der Waals surface area contributed by atoms with Gasteiger partial charge in [-0.15, -0.1) is 0 Å². The molecule has 0 aliphatic carbocycles. The van der Waals surface area contributed by atoms with E-state index < -0.39 is 0 Å². The van der Waals surface area contributed by atoms with Gasteiger partial charge in [-0.05, 0) is 29.8 Å². The molecule has 28 heavy (non-hydrogen) atoms. The molecule has 1 fully saturated rings. The van der Waals surface area contributed by atoms with Crippen LogP contribution in [0.4, 0.5) is 5.69 Å². The van der Waals surface area contributed by atoms with Crippen molar-refractivity contribution in [2.45, 2.75) is 12.3 Å². The van der Waals surface area contributed by atoms with Crippen LogP contribution in [0, 0.1) is 11.3 Å². The van der Waals surface area contributed by atoms with E-state index in [0.29, 0.717) is 24.5 Å². The first-order chi connectivity index (χ1) is 13.6. The minimum absolute atomic E-state index is 0.0361. The average Bonchev–Trinajstić information content (AvgIpc) is 2.74. The topological polar surface area (TPSA) is 56.6 Å². The molecule has 1 atom stereocenters. The Balaban J connectivity index is 1.67. The monoisotopic (exact) mass is 455 g/mol. The molecular weight excluding hydrogens is 438 g/mol. The highest BCUT2D eigenvalue weighted by Crippen LogP contribution is 2.44. The number of hydrogen-bond donors (Lipinski definition) is 0. The van der Waals surface area contributed by atoms with Crippen LogP contribution >= 0.6 is 27.7 Å². The quantitative estimate of drug-likeness (QED) is 0.672. The van der Waals surface area contributed by atoms with Gasteiger partial charge in [-0.25, -0.2) is 0 Å². The number of ether oxygens (including phenoxy) is 1. The van der Waals surface area contributed by atoms with Crippen molar-refractivity contribution in [2.75, 3.05) is 24.6 Å². The van der Waals surface area contributed by atoms with Gasteiger partial charge in [-0.2, -0.15) is 5.26 Å². The summed E-state index contributed by atoms with van der Waals surface area (Å²) in [6, 6.07) is 18.0. The molecule has 0 N–H and O–H groups in total. The van der Waals surface area contributed by atoms with Crippen LogP contribution in [0.25, 0.3) is 0 Å². The fourth-order valence-corrected chi connectivity index (χ4v) is 5.01. The van der Waals surface area contributed by atoms with Crippen LogP contribution in [0.5, 0.6) is 5.75 Å². The molecule has 5 nitrogen and oxygen atoms in total. The SMILES string of the molecule is COc1ccccc1N1CSC2=C(C#N)[C@H](c3ccc(Br)cc3)CC(=O)N2C1. The summed E-state index contributed by atoms with van der Waals surface area (Å²) in [5.41, 5.74) is 2.61. The molecule has 2 aromatic carbocycles. The van der Waals surface area contributed by atoms with E-state index in [0.717, 1.165) is 26.5 Å². The number of amides is 1. The van der Waals surface area contributed by atoms with Crippen molar-refractivity contribution in [3.05, 3.63) is 69.2 Å². The van der Waals surface area contributed by atoms with Crippen molar-refractivity contribution >= 4 is 39.3 Å². The molecule has 2 heterocycles. The zero-order valence-corrected chi connectivity index (χ0v) is 17.7. The third-order valence-corrected chi connectivity index (χ3v) is 6.67. The standard InChI is InChI=1S/C21H18BrN3O2S/c1-27-19-5-3-2-4-18(19)24-12-25-20(26)10-16(14-6-8-15(22)9-7-14)17(11-23)21(25)28-13-24/h2-9,16H,10,12-13H2,1H3/t16-/m0/s1. The minimum atomic E-state index is -0.192. The molecule has 0 aromatic heterocycles. The van der Waals surface area contributed by atoms with E-state index in [2.05, 4.69) is 26.9 Å². The molecule has 2 aromatic rings. The van der Waals surface area contributed by atoms with Gasteiger partial charge in [0, 0.05) is 16.8 Å². The highest BCUT2D eigenvalue weighted by atomic mass is 79.9. The molecule has 0 saturated carbocycles. The maximum absolute atomic E-state index is 13.0. The number of hydrogen-bond acceptors (Lipinski definition) is 5. The van der Waals surface area contributed by atoms with Gasteiger partial charge < -0.3 is 9.64 Å². The van der Waals surface area contributed by atoms with Crippen molar-refractivity contribution < 1.29 is 9.53 Å². The summed E-state index contributed by atoms with van der Waals surface area (Å²) in [5.74, 6) is 1.27. The third kappa shape index (κ3) is 3.38. The van der Waals surface area contributed by atoms with Gasteiger partial charge in [-0.3, -0.25) is 9.69 Å². The maximum Gasteiger partial charge on any atom is 0.229 e. The summed E-state index contributed by atoms with van der Waals surface area (Å²) in [7, 11) is 1.64. The Morgan fingerprint density at radius 2 is 1.96 bits per heavy atom. The number of anilines is 1. The Morgan fingerprint density at radius 1 is 1.21 bits per heavy atom. The Kier molecular flexibility index (Phi) is 5.33. The molecule has 0 unspecified atom stereocenters. The van der Waals surface area contributed by atoms with Crippen molar-refractivity contribution in [1.29, 1.82) is 5.26 Å². The molecule has 4 rings (SSSR count). The Bertz CT molecular complexity index is 984. The second-order valence-electron chi connectivity index (χ2n) is 6.59. The zero-order valence-electron chi connectivity index (χ0n) is 15.3. The van der Waals surface area contributed by atoms with Crippen molar-refractivity contribution in [3.8, 4) is 11.8 Å². The molecule has 0 spiro atoms. The predicted octanol–water partition coefficient (Wildman–Crippen LogP) is 4.68. The zero-order chi connectivity index (χ0) is 19.7.